The largest absolute Gasteiger partial charge is 0.545 e. The number of likely N-dealkylation sites (N-methyl/N-ethyl adjacent to an activating group) is 1. The fourth-order valence-electron chi connectivity index (χ4n) is 3.14. The second-order valence-electron chi connectivity index (χ2n) is 6.94. The highest BCUT2D eigenvalue weighted by Crippen LogP contribution is 2.39. The number of nitrogens with one attached hydrogen (secondary N) is 1. The van der Waals surface area contributed by atoms with Gasteiger partial charge in [0, 0.05) is 31.1 Å². The fourth-order valence-corrected chi connectivity index (χ4v) is 4.06. The standard InChI is InChI=1S/C17H20N4S.C4H4O4/c1-12-11-13-16(21-9-7-20(2)8-10-21)18-14-5-3-4-6-15(14)19-17(13)22-12;5-3(6)1-2-4(7)8/h3-6,11,19H,7-10H2,1-2H3;1-2H,(H,5,6)(H,7,8)/p-2/b;2-1+. The minimum atomic E-state index is -1.55. The highest BCUT2D eigenvalue weighted by Gasteiger charge is 2.25. The molecule has 1 saturated heterocycles. The number of aliphatic carboxylic acids is 2. The Bertz CT molecular complexity index is 975. The van der Waals surface area contributed by atoms with Crippen LogP contribution >= 0.6 is 11.3 Å². The Hall–Kier alpha value is -3.17. The number of hydrogen-bond acceptors (Lipinski definition) is 9. The maximum atomic E-state index is 9.41. The lowest BCUT2D eigenvalue weighted by Gasteiger charge is -2.34. The van der Waals surface area contributed by atoms with E-state index in [0.717, 1.165) is 43.4 Å². The number of benzene rings is 1. The molecule has 0 aliphatic carbocycles. The van der Waals surface area contributed by atoms with E-state index in [1.54, 1.807) is 11.3 Å². The van der Waals surface area contributed by atoms with Crippen molar-refractivity contribution in [2.45, 2.75) is 6.92 Å². The third-order valence-electron chi connectivity index (χ3n) is 4.63. The van der Waals surface area contributed by atoms with Crippen LogP contribution in [0, 0.1) is 6.92 Å². The number of amidine groups is 1. The molecule has 0 saturated carbocycles. The van der Waals surface area contributed by atoms with Gasteiger partial charge in [-0.05, 0) is 44.3 Å². The maximum Gasteiger partial charge on any atom is 0.139 e. The molecule has 8 nitrogen and oxygen atoms in total. The van der Waals surface area contributed by atoms with Crippen LogP contribution in [0.5, 0.6) is 0 Å². The van der Waals surface area contributed by atoms with Crippen LogP contribution in [-0.4, -0.2) is 60.8 Å². The van der Waals surface area contributed by atoms with E-state index in [9.17, 15) is 19.8 Å². The van der Waals surface area contributed by atoms with Crippen molar-refractivity contribution in [3.8, 4) is 0 Å². The van der Waals surface area contributed by atoms with E-state index in [4.69, 9.17) is 4.99 Å². The number of piperazine rings is 1. The Balaban J connectivity index is 0.000000275. The molecule has 1 fully saturated rings. The van der Waals surface area contributed by atoms with Crippen molar-refractivity contribution in [1.82, 2.24) is 9.80 Å². The number of carbonyl (C=O) groups is 2. The molecule has 4 rings (SSSR count). The molecule has 2 aliphatic rings. The van der Waals surface area contributed by atoms with E-state index in [-0.39, 0.29) is 0 Å². The van der Waals surface area contributed by atoms with Crippen molar-refractivity contribution in [2.75, 3.05) is 38.5 Å². The summed E-state index contributed by atoms with van der Waals surface area (Å²) < 4.78 is 0. The molecular weight excluding hydrogens is 404 g/mol. The zero-order chi connectivity index (χ0) is 21.7. The number of fused-ring (bicyclic) bond motifs is 2. The first-order chi connectivity index (χ1) is 14.3. The molecule has 1 N–H and O–H groups in total. The monoisotopic (exact) mass is 426 g/mol. The number of carbonyl (C=O) groups excluding carboxylic acids is 2. The van der Waals surface area contributed by atoms with Crippen LogP contribution in [0.25, 0.3) is 0 Å². The number of aliphatic imine (C=N–C) groups is 1. The van der Waals surface area contributed by atoms with Gasteiger partial charge in [0.1, 0.15) is 10.8 Å². The van der Waals surface area contributed by atoms with Crippen LogP contribution in [0.2, 0.25) is 0 Å². The molecule has 0 atom stereocenters. The Morgan fingerprint density at radius 3 is 2.37 bits per heavy atom. The number of carboxylic acids is 2. The minimum Gasteiger partial charge on any atom is -0.545 e. The summed E-state index contributed by atoms with van der Waals surface area (Å²) in [5.41, 5.74) is 3.36. The number of carboxylic acid groups (broad SMARTS) is 2. The van der Waals surface area contributed by atoms with E-state index in [1.807, 2.05) is 0 Å². The molecule has 1 aromatic heterocycles. The van der Waals surface area contributed by atoms with E-state index in [1.165, 1.54) is 15.4 Å². The van der Waals surface area contributed by atoms with Gasteiger partial charge in [-0.25, -0.2) is 4.99 Å². The molecular formula is C21H22N4O4S-2. The first-order valence-corrected chi connectivity index (χ1v) is 10.2. The average Bonchev–Trinajstić information content (AvgIpc) is 2.99. The van der Waals surface area contributed by atoms with Crippen molar-refractivity contribution in [3.63, 3.8) is 0 Å². The van der Waals surface area contributed by atoms with Crippen molar-refractivity contribution in [2.24, 2.45) is 4.99 Å². The summed E-state index contributed by atoms with van der Waals surface area (Å²) in [5.74, 6) is -1.98. The van der Waals surface area contributed by atoms with Gasteiger partial charge in [0.2, 0.25) is 0 Å². The van der Waals surface area contributed by atoms with Crippen LogP contribution in [0.15, 0.2) is 47.5 Å². The summed E-state index contributed by atoms with van der Waals surface area (Å²) in [7, 11) is 2.18. The molecule has 1 aromatic carbocycles. The lowest BCUT2D eigenvalue weighted by molar-refractivity contribution is -0.301. The van der Waals surface area contributed by atoms with Crippen molar-refractivity contribution in [3.05, 3.63) is 52.9 Å². The Labute approximate surface area is 178 Å². The number of aryl methyl sites for hydroxylation is 1. The lowest BCUT2D eigenvalue weighted by Crippen LogP contribution is -2.47. The Morgan fingerprint density at radius 2 is 1.73 bits per heavy atom. The molecule has 3 heterocycles. The van der Waals surface area contributed by atoms with Gasteiger partial charge in [0.25, 0.3) is 0 Å². The number of nitrogens with zero attached hydrogens (tertiary/aromatic N) is 3. The van der Waals surface area contributed by atoms with Crippen LogP contribution < -0.4 is 15.5 Å². The van der Waals surface area contributed by atoms with E-state index in [2.05, 4.69) is 59.4 Å². The molecule has 0 radical (unpaired) electrons. The zero-order valence-electron chi connectivity index (χ0n) is 16.8. The SMILES string of the molecule is Cc1cc2c(s1)Nc1ccccc1N=C2N1CCN(C)CC1.O=C([O-])/C=C/C(=O)[O-]. The molecule has 0 spiro atoms. The predicted molar refractivity (Wildman–Crippen MR) is 113 cm³/mol. The normalized spacial score (nSPS) is 15.8. The number of thiophene rings is 1. The lowest BCUT2D eigenvalue weighted by atomic mass is 10.2. The number of hydrogen-bond donors (Lipinski definition) is 1. The highest BCUT2D eigenvalue weighted by atomic mass is 32.1. The molecule has 0 unspecified atom stereocenters. The van der Waals surface area contributed by atoms with Crippen LogP contribution in [0.4, 0.5) is 16.4 Å². The Kier molecular flexibility index (Phi) is 6.86. The van der Waals surface area contributed by atoms with Gasteiger partial charge in [-0.3, -0.25) is 0 Å². The maximum absolute atomic E-state index is 9.41. The van der Waals surface area contributed by atoms with Crippen molar-refractivity contribution >= 4 is 45.5 Å². The second-order valence-corrected chi connectivity index (χ2v) is 8.20. The second kappa shape index (κ2) is 9.55. The predicted octanol–water partition coefficient (Wildman–Crippen LogP) is 0.482. The highest BCUT2D eigenvalue weighted by molar-refractivity contribution is 7.16. The fraction of sp³-hybridized carbons (Fsp3) is 0.286. The number of para-hydroxylation sites is 2. The minimum absolute atomic E-state index is 0.384. The van der Waals surface area contributed by atoms with Gasteiger partial charge in [-0.1, -0.05) is 12.1 Å². The first kappa shape index (κ1) is 21.5. The summed E-state index contributed by atoms with van der Waals surface area (Å²) in [5, 5.41) is 23.6. The molecule has 2 aliphatic heterocycles. The van der Waals surface area contributed by atoms with Crippen LogP contribution in [0.1, 0.15) is 10.4 Å². The quantitative estimate of drug-likeness (QED) is 0.696. The van der Waals surface area contributed by atoms with Crippen LogP contribution in [-0.2, 0) is 9.59 Å². The molecule has 158 valence electrons. The third kappa shape index (κ3) is 5.46. The molecule has 9 heteroatoms. The number of anilines is 2. The molecule has 0 bridgehead atoms. The Morgan fingerprint density at radius 1 is 1.10 bits per heavy atom. The van der Waals surface area contributed by atoms with Gasteiger partial charge < -0.3 is 34.9 Å². The first-order valence-electron chi connectivity index (χ1n) is 9.42. The number of rotatable bonds is 2. The van der Waals surface area contributed by atoms with Gasteiger partial charge >= 0.3 is 0 Å². The van der Waals surface area contributed by atoms with E-state index in [0.29, 0.717) is 12.2 Å². The summed E-state index contributed by atoms with van der Waals surface area (Å²) in [4.78, 5) is 30.0. The van der Waals surface area contributed by atoms with Gasteiger partial charge in [0.15, 0.2) is 0 Å². The van der Waals surface area contributed by atoms with E-state index < -0.39 is 11.9 Å². The summed E-state index contributed by atoms with van der Waals surface area (Å²) >= 11 is 1.81. The van der Waals surface area contributed by atoms with E-state index >= 15 is 0 Å². The average molecular weight is 426 g/mol. The third-order valence-corrected chi connectivity index (χ3v) is 5.60. The summed E-state index contributed by atoms with van der Waals surface area (Å²) in [6.45, 7) is 6.41. The molecule has 2 aromatic rings. The van der Waals surface area contributed by atoms with Crippen molar-refractivity contribution < 1.29 is 19.8 Å². The van der Waals surface area contributed by atoms with Crippen LogP contribution in [0.3, 0.4) is 0 Å². The van der Waals surface area contributed by atoms with Crippen molar-refractivity contribution in [1.29, 1.82) is 0 Å². The van der Waals surface area contributed by atoms with Gasteiger partial charge in [-0.15, -0.1) is 11.3 Å². The van der Waals surface area contributed by atoms with Gasteiger partial charge in [0.05, 0.1) is 28.9 Å². The zero-order valence-corrected chi connectivity index (χ0v) is 17.6. The van der Waals surface area contributed by atoms with Gasteiger partial charge in [-0.2, -0.15) is 0 Å². The smallest absolute Gasteiger partial charge is 0.139 e. The molecule has 0 amide bonds. The summed E-state index contributed by atoms with van der Waals surface area (Å²) in [6.07, 6.45) is 0.769. The topological polar surface area (TPSA) is 111 Å². The summed E-state index contributed by atoms with van der Waals surface area (Å²) in [6, 6.07) is 10.6. The molecule has 30 heavy (non-hydrogen) atoms.